The van der Waals surface area contributed by atoms with Gasteiger partial charge in [-0.2, -0.15) is 4.31 Å². The summed E-state index contributed by atoms with van der Waals surface area (Å²) in [5.41, 5.74) is 0.699. The average molecular weight is 783 g/mol. The fourth-order valence-electron chi connectivity index (χ4n) is 5.72. The molecule has 53 heavy (non-hydrogen) atoms. The van der Waals surface area contributed by atoms with Crippen LogP contribution in [-0.2, 0) is 33.2 Å². The van der Waals surface area contributed by atoms with Crippen molar-refractivity contribution in [2.24, 2.45) is 0 Å². The number of methoxy groups -OCH3 is 1. The zero-order valence-electron chi connectivity index (χ0n) is 28.7. The standard InChI is InChI=1S/C37H33ClF6N2O6S/c1-37(2,3)23-12-18(11-22(14-23)19-5-6-19)13-27(35(47)45-26-10-8-20(36(48)49)15-28(26)52-4)46(17-21-7-9-24(38)16-25(21)39)53(50,51)34-32(43)30(41)29(40)31(42)33(34)44/h7-12,14-16,19,27H,5-6,13,17H2,1-4H3,(H,45,47)(H,48,49). The van der Waals surface area contributed by atoms with Gasteiger partial charge in [0.25, 0.3) is 0 Å². The number of aromatic carboxylic acids is 1. The summed E-state index contributed by atoms with van der Waals surface area (Å²) >= 11 is 5.89. The largest absolute Gasteiger partial charge is 0.495 e. The van der Waals surface area contributed by atoms with E-state index in [2.05, 4.69) is 5.32 Å². The molecule has 8 nitrogen and oxygen atoms in total. The monoisotopic (exact) mass is 782 g/mol. The van der Waals surface area contributed by atoms with Gasteiger partial charge in [-0.1, -0.05) is 56.6 Å². The number of anilines is 1. The van der Waals surface area contributed by atoms with Gasteiger partial charge in [0.2, 0.25) is 21.7 Å². The van der Waals surface area contributed by atoms with E-state index < -0.39 is 91.7 Å². The number of sulfonamides is 1. The second-order valence-corrected chi connectivity index (χ2v) is 15.9. The van der Waals surface area contributed by atoms with Crippen molar-refractivity contribution in [2.75, 3.05) is 12.4 Å². The van der Waals surface area contributed by atoms with Crippen molar-refractivity contribution in [2.45, 2.75) is 68.8 Å². The maximum absolute atomic E-state index is 15.3. The SMILES string of the molecule is COc1cc(C(=O)O)ccc1NC(=O)C(Cc1cc(C2CC2)cc(C(C)(C)C)c1)N(Cc1ccc(Cl)cc1F)S(=O)(=O)c1c(F)c(F)c(F)c(F)c1F. The van der Waals surface area contributed by atoms with Gasteiger partial charge in [-0.05, 0) is 77.6 Å². The van der Waals surface area contributed by atoms with Crippen molar-refractivity contribution in [3.8, 4) is 5.75 Å². The zero-order valence-corrected chi connectivity index (χ0v) is 30.2. The lowest BCUT2D eigenvalue weighted by Crippen LogP contribution is -2.49. The number of amides is 1. The predicted molar refractivity (Wildman–Crippen MR) is 184 cm³/mol. The van der Waals surface area contributed by atoms with Crippen LogP contribution in [0.3, 0.4) is 0 Å². The molecule has 1 atom stereocenters. The number of carbonyl (C=O) groups excluding carboxylic acids is 1. The van der Waals surface area contributed by atoms with E-state index in [0.717, 1.165) is 61.4 Å². The van der Waals surface area contributed by atoms with E-state index in [-0.39, 0.29) is 32.2 Å². The molecule has 0 bridgehead atoms. The van der Waals surface area contributed by atoms with E-state index in [1.807, 2.05) is 26.8 Å². The Labute approximate surface area is 306 Å². The van der Waals surface area contributed by atoms with Gasteiger partial charge >= 0.3 is 5.97 Å². The van der Waals surface area contributed by atoms with Gasteiger partial charge < -0.3 is 15.2 Å². The third-order valence-electron chi connectivity index (χ3n) is 8.79. The summed E-state index contributed by atoms with van der Waals surface area (Å²) in [7, 11) is -4.76. The number of carbonyl (C=O) groups is 2. The molecule has 1 aliphatic rings. The summed E-state index contributed by atoms with van der Waals surface area (Å²) in [5.74, 6) is -16.8. The van der Waals surface area contributed by atoms with E-state index in [1.165, 1.54) is 6.07 Å². The number of benzene rings is 4. The number of nitrogens with zero attached hydrogens (tertiary/aromatic N) is 1. The van der Waals surface area contributed by atoms with Crippen LogP contribution < -0.4 is 10.1 Å². The fraction of sp³-hybridized carbons (Fsp3) is 0.297. The smallest absolute Gasteiger partial charge is 0.335 e. The molecule has 1 amide bonds. The minimum atomic E-state index is -5.92. The Hall–Kier alpha value is -4.60. The van der Waals surface area contributed by atoms with Crippen LogP contribution in [-0.4, -0.2) is 42.9 Å². The van der Waals surface area contributed by atoms with Crippen LogP contribution in [0, 0.1) is 34.9 Å². The molecule has 16 heteroatoms. The van der Waals surface area contributed by atoms with Crippen LogP contribution in [0.4, 0.5) is 32.0 Å². The molecule has 0 saturated heterocycles. The molecule has 1 aliphatic carbocycles. The first-order valence-corrected chi connectivity index (χ1v) is 17.9. The van der Waals surface area contributed by atoms with Gasteiger partial charge in [-0.3, -0.25) is 4.79 Å². The molecule has 1 fully saturated rings. The number of hydrogen-bond donors (Lipinski definition) is 2. The Morgan fingerprint density at radius 3 is 2.09 bits per heavy atom. The topological polar surface area (TPSA) is 113 Å². The van der Waals surface area contributed by atoms with E-state index in [4.69, 9.17) is 16.3 Å². The highest BCUT2D eigenvalue weighted by atomic mass is 35.5. The van der Waals surface area contributed by atoms with Gasteiger partial charge in [0.15, 0.2) is 28.2 Å². The Kier molecular flexibility index (Phi) is 11.2. The maximum Gasteiger partial charge on any atom is 0.335 e. The second kappa shape index (κ2) is 15.0. The van der Waals surface area contributed by atoms with Gasteiger partial charge in [0, 0.05) is 17.1 Å². The number of hydrogen-bond acceptors (Lipinski definition) is 5. The van der Waals surface area contributed by atoms with Gasteiger partial charge in [0.05, 0.1) is 18.4 Å². The van der Waals surface area contributed by atoms with Crippen molar-refractivity contribution in [3.63, 3.8) is 0 Å². The fourth-order valence-corrected chi connectivity index (χ4v) is 7.56. The molecule has 0 heterocycles. The third-order valence-corrected chi connectivity index (χ3v) is 10.9. The number of carboxylic acid groups (broad SMARTS) is 1. The summed E-state index contributed by atoms with van der Waals surface area (Å²) in [6.45, 7) is 4.61. The molecule has 5 rings (SSSR count). The highest BCUT2D eigenvalue weighted by Crippen LogP contribution is 2.42. The van der Waals surface area contributed by atoms with Gasteiger partial charge in [-0.15, -0.1) is 0 Å². The minimum absolute atomic E-state index is 0.113. The van der Waals surface area contributed by atoms with Crippen LogP contribution >= 0.6 is 11.6 Å². The first kappa shape index (κ1) is 39.6. The van der Waals surface area contributed by atoms with Crippen molar-refractivity contribution >= 4 is 39.2 Å². The summed E-state index contributed by atoms with van der Waals surface area (Å²) in [6, 6.07) is 9.64. The summed E-state index contributed by atoms with van der Waals surface area (Å²) in [5, 5.41) is 11.8. The normalized spacial score (nSPS) is 14.0. The lowest BCUT2D eigenvalue weighted by Gasteiger charge is -2.31. The maximum atomic E-state index is 15.3. The number of nitrogens with one attached hydrogen (secondary N) is 1. The van der Waals surface area contributed by atoms with Crippen molar-refractivity contribution < 1.29 is 54.2 Å². The summed E-state index contributed by atoms with van der Waals surface area (Å²) in [4.78, 5) is 23.7. The van der Waals surface area contributed by atoms with E-state index in [9.17, 15) is 36.3 Å². The number of halogens is 7. The molecule has 0 aliphatic heterocycles. The summed E-state index contributed by atoms with van der Waals surface area (Å²) in [6.07, 6.45) is 1.17. The van der Waals surface area contributed by atoms with Crippen LogP contribution in [0.25, 0.3) is 0 Å². The number of ether oxygens (including phenoxy) is 1. The molecule has 282 valence electrons. The van der Waals surface area contributed by atoms with Crippen molar-refractivity contribution in [3.05, 3.63) is 122 Å². The Morgan fingerprint density at radius 2 is 1.55 bits per heavy atom. The van der Waals surface area contributed by atoms with Crippen molar-refractivity contribution in [1.29, 1.82) is 0 Å². The van der Waals surface area contributed by atoms with Crippen LogP contribution in [0.15, 0.2) is 59.5 Å². The molecule has 1 saturated carbocycles. The Balaban J connectivity index is 1.76. The molecular weight excluding hydrogens is 750 g/mol. The van der Waals surface area contributed by atoms with Crippen LogP contribution in [0.1, 0.15) is 72.1 Å². The zero-order chi connectivity index (χ0) is 39.2. The molecular formula is C37H33ClF6N2O6S. The number of carboxylic acids is 1. The van der Waals surface area contributed by atoms with E-state index in [1.54, 1.807) is 12.1 Å². The second-order valence-electron chi connectivity index (χ2n) is 13.6. The third kappa shape index (κ3) is 8.31. The lowest BCUT2D eigenvalue weighted by atomic mass is 9.83. The average Bonchev–Trinajstić information content (AvgIpc) is 3.94. The minimum Gasteiger partial charge on any atom is -0.495 e. The Bertz CT molecular complexity index is 2200. The molecule has 0 spiro atoms. The van der Waals surface area contributed by atoms with Crippen LogP contribution in [0.2, 0.25) is 5.02 Å². The first-order chi connectivity index (χ1) is 24.7. The highest BCUT2D eigenvalue weighted by Gasteiger charge is 2.43. The predicted octanol–water partition coefficient (Wildman–Crippen LogP) is 8.50. The molecule has 0 aromatic heterocycles. The quantitative estimate of drug-likeness (QED) is 0.0847. The molecule has 2 N–H and O–H groups in total. The van der Waals surface area contributed by atoms with E-state index >= 15 is 13.2 Å². The van der Waals surface area contributed by atoms with Gasteiger partial charge in [0.1, 0.15) is 17.6 Å². The summed E-state index contributed by atoms with van der Waals surface area (Å²) < 4.78 is 123. The highest BCUT2D eigenvalue weighted by molar-refractivity contribution is 7.89. The first-order valence-electron chi connectivity index (χ1n) is 16.1. The molecule has 0 radical (unpaired) electrons. The Morgan fingerprint density at radius 1 is 0.925 bits per heavy atom. The van der Waals surface area contributed by atoms with Gasteiger partial charge in [-0.25, -0.2) is 39.6 Å². The molecule has 1 unspecified atom stereocenters. The van der Waals surface area contributed by atoms with E-state index in [0.29, 0.717) is 5.56 Å². The molecule has 4 aromatic carbocycles. The van der Waals surface area contributed by atoms with Crippen molar-refractivity contribution in [1.82, 2.24) is 4.31 Å². The van der Waals surface area contributed by atoms with Crippen LogP contribution in [0.5, 0.6) is 5.75 Å². The lowest BCUT2D eigenvalue weighted by molar-refractivity contribution is -0.120. The molecule has 4 aromatic rings. The number of rotatable bonds is 12.